The maximum absolute atomic E-state index is 9.44. The van der Waals surface area contributed by atoms with Gasteiger partial charge in [-0.05, 0) is 52.0 Å². The van der Waals surface area contributed by atoms with Gasteiger partial charge in [0.25, 0.3) is 0 Å². The molecular weight excluding hydrogens is 212 g/mol. The van der Waals surface area contributed by atoms with Gasteiger partial charge < -0.3 is 10.8 Å². The van der Waals surface area contributed by atoms with E-state index in [1.165, 1.54) is 45.1 Å². The van der Waals surface area contributed by atoms with E-state index in [4.69, 9.17) is 5.73 Å². The highest BCUT2D eigenvalue weighted by Crippen LogP contribution is 2.32. The Hall–Kier alpha value is -0.120. The van der Waals surface area contributed by atoms with Crippen LogP contribution in [0.3, 0.4) is 0 Å². The quantitative estimate of drug-likeness (QED) is 0.775. The van der Waals surface area contributed by atoms with Crippen molar-refractivity contribution < 1.29 is 5.11 Å². The van der Waals surface area contributed by atoms with Crippen molar-refractivity contribution >= 4 is 0 Å². The highest BCUT2D eigenvalue weighted by atomic mass is 16.3. The largest absolute Gasteiger partial charge is 0.394 e. The number of likely N-dealkylation sites (tertiary alicyclic amines) is 1. The molecule has 2 fully saturated rings. The van der Waals surface area contributed by atoms with Crippen molar-refractivity contribution in [3.8, 4) is 0 Å². The molecule has 0 amide bonds. The van der Waals surface area contributed by atoms with Gasteiger partial charge in [0, 0.05) is 17.6 Å². The van der Waals surface area contributed by atoms with Crippen LogP contribution in [0.15, 0.2) is 0 Å². The molecule has 2 rings (SSSR count). The topological polar surface area (TPSA) is 49.5 Å². The lowest BCUT2D eigenvalue weighted by Gasteiger charge is -2.44. The molecule has 0 aromatic carbocycles. The second-order valence-electron chi connectivity index (χ2n) is 6.21. The summed E-state index contributed by atoms with van der Waals surface area (Å²) in [6.07, 6.45) is 9.81. The maximum Gasteiger partial charge on any atom is 0.0611 e. The molecule has 3 nitrogen and oxygen atoms in total. The van der Waals surface area contributed by atoms with Gasteiger partial charge in [-0.2, -0.15) is 0 Å². The molecule has 0 radical (unpaired) electrons. The molecule has 0 aromatic rings. The lowest BCUT2D eigenvalue weighted by molar-refractivity contribution is 0.0608. The number of nitrogens with two attached hydrogens (primary N) is 1. The van der Waals surface area contributed by atoms with E-state index in [0.717, 1.165) is 12.8 Å². The Morgan fingerprint density at radius 1 is 1.24 bits per heavy atom. The third kappa shape index (κ3) is 3.21. The van der Waals surface area contributed by atoms with Gasteiger partial charge >= 0.3 is 0 Å². The SMILES string of the molecule is CC1CCCCCN1C1CCCC(N)(CO)C1. The molecule has 1 aliphatic heterocycles. The lowest BCUT2D eigenvalue weighted by Crippen LogP contribution is -2.54. The van der Waals surface area contributed by atoms with Crippen LogP contribution in [0.4, 0.5) is 0 Å². The van der Waals surface area contributed by atoms with Gasteiger partial charge in [0.1, 0.15) is 0 Å². The van der Waals surface area contributed by atoms with Crippen molar-refractivity contribution in [3.05, 3.63) is 0 Å². The number of hydrogen-bond acceptors (Lipinski definition) is 3. The molecule has 3 unspecified atom stereocenters. The molecule has 1 heterocycles. The Balaban J connectivity index is 2.00. The summed E-state index contributed by atoms with van der Waals surface area (Å²) in [6, 6.07) is 1.30. The van der Waals surface area contributed by atoms with Crippen LogP contribution >= 0.6 is 0 Å². The first-order chi connectivity index (χ1) is 8.14. The molecular formula is C14H28N2O. The van der Waals surface area contributed by atoms with Crippen LogP contribution in [0, 0.1) is 0 Å². The number of aliphatic hydroxyl groups is 1. The van der Waals surface area contributed by atoms with E-state index in [0.29, 0.717) is 12.1 Å². The fraction of sp³-hybridized carbons (Fsp3) is 1.00. The van der Waals surface area contributed by atoms with Crippen LogP contribution in [0.2, 0.25) is 0 Å². The Kier molecular flexibility index (Phi) is 4.45. The molecule has 100 valence electrons. The van der Waals surface area contributed by atoms with Crippen molar-refractivity contribution in [2.75, 3.05) is 13.2 Å². The molecule has 17 heavy (non-hydrogen) atoms. The summed E-state index contributed by atoms with van der Waals surface area (Å²) in [7, 11) is 0. The molecule has 0 bridgehead atoms. The molecule has 1 aliphatic carbocycles. The third-order valence-electron chi connectivity index (χ3n) is 4.74. The normalized spacial score (nSPS) is 41.1. The summed E-state index contributed by atoms with van der Waals surface area (Å²) in [5.41, 5.74) is 5.95. The first-order valence-corrected chi connectivity index (χ1v) is 7.30. The molecule has 2 aliphatic rings. The zero-order valence-electron chi connectivity index (χ0n) is 11.2. The van der Waals surface area contributed by atoms with E-state index in [1.807, 2.05) is 0 Å². The maximum atomic E-state index is 9.44. The van der Waals surface area contributed by atoms with Gasteiger partial charge in [0.05, 0.1) is 6.61 Å². The minimum atomic E-state index is -0.311. The third-order valence-corrected chi connectivity index (χ3v) is 4.74. The van der Waals surface area contributed by atoms with Crippen LogP contribution in [-0.4, -0.2) is 40.8 Å². The summed E-state index contributed by atoms with van der Waals surface area (Å²) in [5.74, 6) is 0. The van der Waals surface area contributed by atoms with Gasteiger partial charge in [-0.25, -0.2) is 0 Å². The molecule has 3 heteroatoms. The van der Waals surface area contributed by atoms with Gasteiger partial charge in [-0.3, -0.25) is 4.90 Å². The van der Waals surface area contributed by atoms with E-state index in [9.17, 15) is 5.11 Å². The van der Waals surface area contributed by atoms with Crippen molar-refractivity contribution in [1.29, 1.82) is 0 Å². The van der Waals surface area contributed by atoms with E-state index in [2.05, 4.69) is 11.8 Å². The van der Waals surface area contributed by atoms with Gasteiger partial charge in [0.15, 0.2) is 0 Å². The van der Waals surface area contributed by atoms with Gasteiger partial charge in [-0.1, -0.05) is 12.8 Å². The van der Waals surface area contributed by atoms with Crippen LogP contribution in [0.1, 0.15) is 58.3 Å². The van der Waals surface area contributed by atoms with Gasteiger partial charge in [0.2, 0.25) is 0 Å². The van der Waals surface area contributed by atoms with E-state index >= 15 is 0 Å². The average Bonchev–Trinajstić information content (AvgIpc) is 2.54. The molecule has 1 saturated heterocycles. The van der Waals surface area contributed by atoms with E-state index < -0.39 is 0 Å². The summed E-state index contributed by atoms with van der Waals surface area (Å²) in [6.45, 7) is 3.73. The number of rotatable bonds is 2. The Morgan fingerprint density at radius 3 is 2.82 bits per heavy atom. The predicted octanol–water partition coefficient (Wildman–Crippen LogP) is 1.88. The standard InChI is InChI=1S/C14H28N2O/c1-12-6-3-2-4-9-16(12)13-7-5-8-14(15,10-13)11-17/h12-13,17H,2-11,15H2,1H3. The van der Waals surface area contributed by atoms with Crippen LogP contribution in [0.25, 0.3) is 0 Å². The number of aliphatic hydroxyl groups excluding tert-OH is 1. The summed E-state index contributed by atoms with van der Waals surface area (Å²) < 4.78 is 0. The zero-order chi connectivity index (χ0) is 12.3. The second kappa shape index (κ2) is 5.68. The molecule has 3 atom stereocenters. The predicted molar refractivity (Wildman–Crippen MR) is 70.9 cm³/mol. The van der Waals surface area contributed by atoms with Crippen molar-refractivity contribution in [2.24, 2.45) is 5.73 Å². The fourth-order valence-electron chi connectivity index (χ4n) is 3.63. The van der Waals surface area contributed by atoms with Crippen LogP contribution in [0.5, 0.6) is 0 Å². The fourth-order valence-corrected chi connectivity index (χ4v) is 3.63. The molecule has 0 aromatic heterocycles. The number of hydrogen-bond donors (Lipinski definition) is 2. The Bertz CT molecular complexity index is 246. The highest BCUT2D eigenvalue weighted by Gasteiger charge is 2.36. The Labute approximate surface area is 105 Å². The molecule has 0 spiro atoms. The monoisotopic (exact) mass is 240 g/mol. The smallest absolute Gasteiger partial charge is 0.0611 e. The summed E-state index contributed by atoms with van der Waals surface area (Å²) >= 11 is 0. The lowest BCUT2D eigenvalue weighted by atomic mass is 9.79. The van der Waals surface area contributed by atoms with E-state index in [-0.39, 0.29) is 12.1 Å². The van der Waals surface area contributed by atoms with Crippen molar-refractivity contribution in [1.82, 2.24) is 4.90 Å². The number of nitrogens with zero attached hydrogens (tertiary/aromatic N) is 1. The van der Waals surface area contributed by atoms with Gasteiger partial charge in [-0.15, -0.1) is 0 Å². The summed E-state index contributed by atoms with van der Waals surface area (Å²) in [5, 5.41) is 9.44. The highest BCUT2D eigenvalue weighted by molar-refractivity contribution is 4.95. The first kappa shape index (κ1) is 13.3. The van der Waals surface area contributed by atoms with Crippen LogP contribution in [-0.2, 0) is 0 Å². The van der Waals surface area contributed by atoms with Crippen LogP contribution < -0.4 is 5.73 Å². The van der Waals surface area contributed by atoms with Crippen molar-refractivity contribution in [3.63, 3.8) is 0 Å². The minimum absolute atomic E-state index is 0.145. The minimum Gasteiger partial charge on any atom is -0.394 e. The second-order valence-corrected chi connectivity index (χ2v) is 6.21. The van der Waals surface area contributed by atoms with E-state index in [1.54, 1.807) is 0 Å². The molecule has 1 saturated carbocycles. The average molecular weight is 240 g/mol. The molecule has 3 N–H and O–H groups in total. The Morgan fingerprint density at radius 2 is 2.06 bits per heavy atom. The summed E-state index contributed by atoms with van der Waals surface area (Å²) in [4.78, 5) is 2.67. The van der Waals surface area contributed by atoms with Crippen molar-refractivity contribution in [2.45, 2.75) is 75.9 Å². The zero-order valence-corrected chi connectivity index (χ0v) is 11.2. The first-order valence-electron chi connectivity index (χ1n) is 7.30.